The molecule has 0 aromatic heterocycles. The van der Waals surface area contributed by atoms with Crippen LogP contribution in [0.1, 0.15) is 19.3 Å². The summed E-state index contributed by atoms with van der Waals surface area (Å²) in [6.07, 6.45) is 3.99. The number of rotatable bonds is 2. The quantitative estimate of drug-likeness (QED) is 0.700. The molecule has 2 aliphatic heterocycles. The Kier molecular flexibility index (Phi) is 1.96. The van der Waals surface area contributed by atoms with Crippen LogP contribution in [0.2, 0.25) is 0 Å². The summed E-state index contributed by atoms with van der Waals surface area (Å²) >= 11 is 0. The maximum Gasteiger partial charge on any atom is 0.191 e. The monoisotopic (exact) mass is 208 g/mol. The van der Waals surface area contributed by atoms with Crippen LogP contribution < -0.4 is 5.73 Å². The first-order chi connectivity index (χ1) is 7.20. The molecule has 1 spiro atoms. The normalized spacial score (nSPS) is 36.6. The van der Waals surface area contributed by atoms with Crippen molar-refractivity contribution in [3.8, 4) is 0 Å². The lowest BCUT2D eigenvalue weighted by Crippen LogP contribution is -2.53. The van der Waals surface area contributed by atoms with Gasteiger partial charge in [-0.15, -0.1) is 0 Å². The first kappa shape index (κ1) is 9.46. The van der Waals surface area contributed by atoms with Crippen LogP contribution >= 0.6 is 0 Å². The Morgan fingerprint density at radius 1 is 1.53 bits per heavy atom. The Hall–Kier alpha value is -0.770. The number of nitrogens with zero attached hydrogens (tertiary/aromatic N) is 3. The van der Waals surface area contributed by atoms with Crippen LogP contribution in [0.3, 0.4) is 0 Å². The van der Waals surface area contributed by atoms with Crippen molar-refractivity contribution in [2.45, 2.75) is 24.8 Å². The predicted octanol–water partition coefficient (Wildman–Crippen LogP) is 0.101. The highest BCUT2D eigenvalue weighted by Gasteiger charge is 2.47. The molecule has 1 atom stereocenters. The molecule has 84 valence electrons. The zero-order valence-electron chi connectivity index (χ0n) is 9.45. The molecule has 0 aromatic carbocycles. The molecule has 4 nitrogen and oxygen atoms in total. The minimum atomic E-state index is 0.251. The average Bonchev–Trinajstić information content (AvgIpc) is 2.89. The molecular weight excluding hydrogens is 188 g/mol. The largest absolute Gasteiger partial charge is 0.370 e. The second kappa shape index (κ2) is 3.11. The van der Waals surface area contributed by atoms with Crippen molar-refractivity contribution in [1.29, 1.82) is 0 Å². The molecule has 4 heteroatoms. The van der Waals surface area contributed by atoms with Gasteiger partial charge in [0.1, 0.15) is 0 Å². The maximum atomic E-state index is 6.01. The Morgan fingerprint density at radius 3 is 2.93 bits per heavy atom. The molecule has 2 N–H and O–H groups in total. The van der Waals surface area contributed by atoms with E-state index < -0.39 is 0 Å². The fourth-order valence-electron chi connectivity index (χ4n) is 2.90. The van der Waals surface area contributed by atoms with E-state index in [1.165, 1.54) is 25.8 Å². The van der Waals surface area contributed by atoms with E-state index in [1.54, 1.807) is 0 Å². The maximum absolute atomic E-state index is 6.01. The molecule has 0 radical (unpaired) electrons. The highest BCUT2D eigenvalue weighted by Crippen LogP contribution is 2.37. The SMILES string of the molecule is CN1CCC2(CN=C(N)N2CC2CC2)C1. The lowest BCUT2D eigenvalue weighted by molar-refractivity contribution is 0.198. The number of aliphatic imine (C=N–C) groups is 1. The third-order valence-electron chi connectivity index (χ3n) is 4.05. The van der Waals surface area contributed by atoms with E-state index >= 15 is 0 Å². The molecule has 2 heterocycles. The third-order valence-corrected chi connectivity index (χ3v) is 4.05. The van der Waals surface area contributed by atoms with Gasteiger partial charge in [0.05, 0.1) is 12.1 Å². The van der Waals surface area contributed by atoms with Crippen LogP contribution in [0.15, 0.2) is 4.99 Å². The number of likely N-dealkylation sites (tertiary alicyclic amines) is 1. The Morgan fingerprint density at radius 2 is 2.33 bits per heavy atom. The summed E-state index contributed by atoms with van der Waals surface area (Å²) in [7, 11) is 2.19. The van der Waals surface area contributed by atoms with Gasteiger partial charge in [0.15, 0.2) is 5.96 Å². The first-order valence-electron chi connectivity index (χ1n) is 5.96. The van der Waals surface area contributed by atoms with Gasteiger partial charge < -0.3 is 15.5 Å². The third kappa shape index (κ3) is 1.51. The molecule has 2 fully saturated rings. The predicted molar refractivity (Wildman–Crippen MR) is 60.8 cm³/mol. The second-order valence-electron chi connectivity index (χ2n) is 5.44. The number of guanidine groups is 1. The molecular formula is C11H20N4. The summed E-state index contributed by atoms with van der Waals surface area (Å²) in [6, 6.07) is 0. The van der Waals surface area contributed by atoms with Crippen molar-refractivity contribution >= 4 is 5.96 Å². The first-order valence-corrected chi connectivity index (χ1v) is 5.96. The van der Waals surface area contributed by atoms with Crippen LogP contribution in [-0.4, -0.2) is 54.5 Å². The van der Waals surface area contributed by atoms with E-state index in [4.69, 9.17) is 5.73 Å². The summed E-state index contributed by atoms with van der Waals surface area (Å²) in [5.74, 6) is 1.68. The molecule has 3 aliphatic rings. The van der Waals surface area contributed by atoms with E-state index in [0.29, 0.717) is 0 Å². The standard InChI is InChI=1S/C11H20N4/c1-14-5-4-11(8-14)7-13-10(12)15(11)6-9-2-3-9/h9H,2-8H2,1H3,(H2,12,13). The van der Waals surface area contributed by atoms with Crippen molar-refractivity contribution in [1.82, 2.24) is 9.80 Å². The lowest BCUT2D eigenvalue weighted by atomic mass is 9.97. The Balaban J connectivity index is 1.77. The molecule has 3 rings (SSSR count). The van der Waals surface area contributed by atoms with E-state index in [9.17, 15) is 0 Å². The van der Waals surface area contributed by atoms with Gasteiger partial charge >= 0.3 is 0 Å². The van der Waals surface area contributed by atoms with Crippen LogP contribution in [0.4, 0.5) is 0 Å². The second-order valence-corrected chi connectivity index (χ2v) is 5.44. The number of likely N-dealkylation sites (N-methyl/N-ethyl adjacent to an activating group) is 1. The summed E-state index contributed by atoms with van der Waals surface area (Å²) in [5.41, 5.74) is 6.26. The number of nitrogens with two attached hydrogens (primary N) is 1. The van der Waals surface area contributed by atoms with Gasteiger partial charge in [0, 0.05) is 19.6 Å². The minimum Gasteiger partial charge on any atom is -0.370 e. The van der Waals surface area contributed by atoms with Gasteiger partial charge in [-0.3, -0.25) is 4.99 Å². The van der Waals surface area contributed by atoms with Gasteiger partial charge in [0.25, 0.3) is 0 Å². The molecule has 1 saturated heterocycles. The van der Waals surface area contributed by atoms with Gasteiger partial charge in [-0.1, -0.05) is 0 Å². The van der Waals surface area contributed by atoms with E-state index in [0.717, 1.165) is 31.5 Å². The molecule has 0 amide bonds. The van der Waals surface area contributed by atoms with Gasteiger partial charge in [0.2, 0.25) is 0 Å². The van der Waals surface area contributed by atoms with E-state index in [-0.39, 0.29) is 5.54 Å². The fourth-order valence-corrected chi connectivity index (χ4v) is 2.90. The average molecular weight is 208 g/mol. The molecule has 1 unspecified atom stereocenters. The summed E-state index contributed by atoms with van der Waals surface area (Å²) in [6.45, 7) is 4.37. The van der Waals surface area contributed by atoms with E-state index in [1.807, 2.05) is 0 Å². The van der Waals surface area contributed by atoms with Crippen LogP contribution in [-0.2, 0) is 0 Å². The Labute approximate surface area is 91.1 Å². The number of hydrogen-bond acceptors (Lipinski definition) is 4. The van der Waals surface area contributed by atoms with Gasteiger partial charge in [-0.05, 0) is 32.2 Å². The zero-order valence-corrected chi connectivity index (χ0v) is 9.45. The van der Waals surface area contributed by atoms with Crippen molar-refractivity contribution < 1.29 is 0 Å². The van der Waals surface area contributed by atoms with E-state index in [2.05, 4.69) is 21.8 Å². The van der Waals surface area contributed by atoms with Gasteiger partial charge in [-0.2, -0.15) is 0 Å². The van der Waals surface area contributed by atoms with Crippen molar-refractivity contribution in [3.63, 3.8) is 0 Å². The van der Waals surface area contributed by atoms with Crippen molar-refractivity contribution in [2.75, 3.05) is 33.2 Å². The van der Waals surface area contributed by atoms with Gasteiger partial charge in [-0.25, -0.2) is 0 Å². The summed E-state index contributed by atoms with van der Waals surface area (Å²) in [4.78, 5) is 9.26. The molecule has 1 saturated carbocycles. The van der Waals surface area contributed by atoms with Crippen molar-refractivity contribution in [2.24, 2.45) is 16.6 Å². The molecule has 0 bridgehead atoms. The molecule has 0 aromatic rings. The lowest BCUT2D eigenvalue weighted by Gasteiger charge is -2.36. The molecule has 15 heavy (non-hydrogen) atoms. The minimum absolute atomic E-state index is 0.251. The zero-order chi connectivity index (χ0) is 10.5. The summed E-state index contributed by atoms with van der Waals surface area (Å²) < 4.78 is 0. The van der Waals surface area contributed by atoms with Crippen molar-refractivity contribution in [3.05, 3.63) is 0 Å². The topological polar surface area (TPSA) is 44.9 Å². The highest BCUT2D eigenvalue weighted by atomic mass is 15.4. The van der Waals surface area contributed by atoms with Crippen LogP contribution in [0.25, 0.3) is 0 Å². The highest BCUT2D eigenvalue weighted by molar-refractivity contribution is 5.81. The number of hydrogen-bond donors (Lipinski definition) is 1. The van der Waals surface area contributed by atoms with Crippen LogP contribution in [0.5, 0.6) is 0 Å². The fraction of sp³-hybridized carbons (Fsp3) is 0.909. The molecule has 1 aliphatic carbocycles. The van der Waals surface area contributed by atoms with Crippen LogP contribution in [0, 0.1) is 5.92 Å². The Bertz CT molecular complexity index is 297. The summed E-state index contributed by atoms with van der Waals surface area (Å²) in [5, 5.41) is 0. The smallest absolute Gasteiger partial charge is 0.191 e.